The van der Waals surface area contributed by atoms with Crippen LogP contribution in [-0.4, -0.2) is 13.9 Å². The van der Waals surface area contributed by atoms with Gasteiger partial charge in [0.1, 0.15) is 0 Å². The molecule has 106 valence electrons. The van der Waals surface area contributed by atoms with Crippen molar-refractivity contribution in [3.63, 3.8) is 0 Å². The first kappa shape index (κ1) is 16.0. The molecule has 0 aromatic rings. The van der Waals surface area contributed by atoms with E-state index < -0.39 is 8.32 Å². The summed E-state index contributed by atoms with van der Waals surface area (Å²) >= 11 is 0. The van der Waals surface area contributed by atoms with Gasteiger partial charge in [-0.3, -0.25) is 0 Å². The largest absolute Gasteiger partial charge is 0.408 e. The van der Waals surface area contributed by atoms with E-state index in [1.165, 1.54) is 12.8 Å². The summed E-state index contributed by atoms with van der Waals surface area (Å²) in [6.45, 7) is 18.5. The number of rotatable bonds is 3. The zero-order chi connectivity index (χ0) is 14.2. The first-order valence-electron chi connectivity index (χ1n) is 7.36. The molecule has 0 N–H and O–H groups in total. The van der Waals surface area contributed by atoms with Gasteiger partial charge in [0, 0.05) is 0 Å². The van der Waals surface area contributed by atoms with Crippen LogP contribution in [0.1, 0.15) is 54.4 Å². The second-order valence-electron chi connectivity index (χ2n) is 7.98. The van der Waals surface area contributed by atoms with Crippen molar-refractivity contribution >= 4 is 8.32 Å². The first-order valence-corrected chi connectivity index (χ1v) is 10.3. The molecule has 0 heterocycles. The molecule has 0 fully saturated rings. The van der Waals surface area contributed by atoms with Crippen molar-refractivity contribution in [3.05, 3.63) is 12.2 Å². The van der Waals surface area contributed by atoms with Crippen LogP contribution in [0.3, 0.4) is 0 Å². The van der Waals surface area contributed by atoms with Crippen LogP contribution in [0, 0.1) is 11.8 Å². The lowest BCUT2D eigenvalue weighted by molar-refractivity contribution is 0.0946. The molecular weight excluding hydrogens is 236 g/mol. The molecule has 2 heteroatoms. The molecule has 18 heavy (non-hydrogen) atoms. The van der Waals surface area contributed by atoms with E-state index in [-0.39, 0.29) is 5.60 Å². The van der Waals surface area contributed by atoms with Crippen LogP contribution in [0.2, 0.25) is 18.1 Å². The first-order chi connectivity index (χ1) is 7.97. The molecule has 1 aliphatic carbocycles. The maximum Gasteiger partial charge on any atom is 0.193 e. The molecule has 0 saturated heterocycles. The van der Waals surface area contributed by atoms with Gasteiger partial charge in [-0.1, -0.05) is 46.8 Å². The van der Waals surface area contributed by atoms with E-state index >= 15 is 0 Å². The van der Waals surface area contributed by atoms with Gasteiger partial charge in [0.05, 0.1) is 5.60 Å². The zero-order valence-electron chi connectivity index (χ0n) is 13.6. The highest BCUT2D eigenvalue weighted by Crippen LogP contribution is 2.42. The Morgan fingerprint density at radius 1 is 1.28 bits per heavy atom. The fraction of sp³-hybridized carbons (Fsp3) is 0.875. The fourth-order valence-corrected chi connectivity index (χ4v) is 3.98. The lowest BCUT2D eigenvalue weighted by Crippen LogP contribution is -2.48. The van der Waals surface area contributed by atoms with E-state index in [0.29, 0.717) is 5.04 Å². The Hall–Kier alpha value is -0.0831. The summed E-state index contributed by atoms with van der Waals surface area (Å²) < 4.78 is 6.61. The molecule has 0 unspecified atom stereocenters. The second kappa shape index (κ2) is 5.13. The number of hydrogen-bond donors (Lipinski definition) is 0. The normalized spacial score (nSPS) is 29.9. The molecule has 1 nitrogen and oxygen atoms in total. The highest BCUT2D eigenvalue weighted by Gasteiger charge is 2.42. The summed E-state index contributed by atoms with van der Waals surface area (Å²) in [6, 6.07) is 0. The van der Waals surface area contributed by atoms with E-state index in [1.54, 1.807) is 0 Å². The molecule has 0 aromatic heterocycles. The number of allylic oxidation sites excluding steroid dienone is 1. The van der Waals surface area contributed by atoms with Crippen molar-refractivity contribution < 1.29 is 4.43 Å². The maximum absolute atomic E-state index is 6.61. The fourth-order valence-electron chi connectivity index (χ4n) is 2.34. The van der Waals surface area contributed by atoms with E-state index in [1.807, 2.05) is 0 Å². The van der Waals surface area contributed by atoms with Gasteiger partial charge in [-0.25, -0.2) is 0 Å². The quantitative estimate of drug-likeness (QED) is 0.492. The third kappa shape index (κ3) is 3.71. The van der Waals surface area contributed by atoms with Gasteiger partial charge in [-0.2, -0.15) is 0 Å². The predicted molar refractivity (Wildman–Crippen MR) is 83.4 cm³/mol. The highest BCUT2D eigenvalue weighted by molar-refractivity contribution is 6.74. The Morgan fingerprint density at radius 2 is 1.83 bits per heavy atom. The van der Waals surface area contributed by atoms with Gasteiger partial charge in [0.25, 0.3) is 0 Å². The van der Waals surface area contributed by atoms with Crippen LogP contribution in [0.15, 0.2) is 12.2 Å². The molecule has 0 spiro atoms. The molecule has 0 saturated carbocycles. The highest BCUT2D eigenvalue weighted by atomic mass is 28.4. The third-order valence-electron chi connectivity index (χ3n) is 4.82. The second-order valence-corrected chi connectivity index (χ2v) is 12.7. The Labute approximate surface area is 115 Å². The maximum atomic E-state index is 6.61. The zero-order valence-corrected chi connectivity index (χ0v) is 14.6. The van der Waals surface area contributed by atoms with Crippen molar-refractivity contribution in [3.8, 4) is 0 Å². The van der Waals surface area contributed by atoms with E-state index in [0.717, 1.165) is 11.8 Å². The molecule has 0 radical (unpaired) electrons. The van der Waals surface area contributed by atoms with Gasteiger partial charge in [-0.15, -0.1) is 0 Å². The summed E-state index contributed by atoms with van der Waals surface area (Å²) in [5.74, 6) is 1.49. The van der Waals surface area contributed by atoms with Crippen molar-refractivity contribution in [2.75, 3.05) is 0 Å². The van der Waals surface area contributed by atoms with Gasteiger partial charge in [-0.05, 0) is 49.7 Å². The van der Waals surface area contributed by atoms with Crippen molar-refractivity contribution in [1.29, 1.82) is 0 Å². The minimum Gasteiger partial charge on any atom is -0.408 e. The molecule has 0 aromatic carbocycles. The SMILES string of the molecule is CC(C)[C@H]1C=C[C@@](C)(O[Si](C)(C)C(C)(C)C)CC1. The predicted octanol–water partition coefficient (Wildman–Crippen LogP) is 5.39. The van der Waals surface area contributed by atoms with Crippen molar-refractivity contribution in [1.82, 2.24) is 0 Å². The summed E-state index contributed by atoms with van der Waals surface area (Å²) in [4.78, 5) is 0. The monoisotopic (exact) mass is 268 g/mol. The summed E-state index contributed by atoms with van der Waals surface area (Å²) in [5, 5.41) is 0.290. The Balaban J connectivity index is 2.77. The van der Waals surface area contributed by atoms with E-state index in [4.69, 9.17) is 4.43 Å². The molecular formula is C16H32OSi. The van der Waals surface area contributed by atoms with Gasteiger partial charge in [0.2, 0.25) is 0 Å². The van der Waals surface area contributed by atoms with Crippen LogP contribution >= 0.6 is 0 Å². The van der Waals surface area contributed by atoms with Gasteiger partial charge < -0.3 is 4.43 Å². The van der Waals surface area contributed by atoms with Crippen LogP contribution in [0.5, 0.6) is 0 Å². The third-order valence-corrected chi connectivity index (χ3v) is 9.41. The van der Waals surface area contributed by atoms with Crippen LogP contribution < -0.4 is 0 Å². The Bertz CT molecular complexity index is 312. The molecule has 0 amide bonds. The smallest absolute Gasteiger partial charge is 0.193 e. The Kier molecular flexibility index (Phi) is 4.55. The van der Waals surface area contributed by atoms with Crippen LogP contribution in [0.25, 0.3) is 0 Å². The average molecular weight is 269 g/mol. The van der Waals surface area contributed by atoms with Crippen LogP contribution in [0.4, 0.5) is 0 Å². The molecule has 1 rings (SSSR count). The summed E-state index contributed by atoms with van der Waals surface area (Å²) in [6.07, 6.45) is 7.15. The lowest BCUT2D eigenvalue weighted by atomic mass is 9.81. The van der Waals surface area contributed by atoms with Gasteiger partial charge in [0.15, 0.2) is 8.32 Å². The van der Waals surface area contributed by atoms with Crippen molar-refractivity contribution in [2.24, 2.45) is 11.8 Å². The van der Waals surface area contributed by atoms with Gasteiger partial charge >= 0.3 is 0 Å². The minimum atomic E-state index is -1.67. The Morgan fingerprint density at radius 3 is 2.17 bits per heavy atom. The topological polar surface area (TPSA) is 9.23 Å². The standard InChI is InChI=1S/C16H32OSi/c1-13(2)14-9-11-16(6,12-10-14)17-18(7,8)15(3,4)5/h9,11,13-14H,10,12H2,1-8H3/t14-,16+/m0/s1. The minimum absolute atomic E-state index is 0.0333. The van der Waals surface area contributed by atoms with Crippen molar-refractivity contribution in [2.45, 2.75) is 78.1 Å². The molecule has 0 bridgehead atoms. The van der Waals surface area contributed by atoms with Crippen LogP contribution in [-0.2, 0) is 4.43 Å². The summed E-state index contributed by atoms with van der Waals surface area (Å²) in [5.41, 5.74) is -0.0333. The average Bonchev–Trinajstić information content (AvgIpc) is 2.14. The molecule has 2 atom stereocenters. The number of hydrogen-bond acceptors (Lipinski definition) is 1. The van der Waals surface area contributed by atoms with E-state index in [9.17, 15) is 0 Å². The summed E-state index contributed by atoms with van der Waals surface area (Å²) in [7, 11) is -1.67. The molecule has 0 aliphatic heterocycles. The van der Waals surface area contributed by atoms with E-state index in [2.05, 4.69) is 66.8 Å². The molecule has 1 aliphatic rings. The lowest BCUT2D eigenvalue weighted by Gasteiger charge is -2.45.